The zero-order chi connectivity index (χ0) is 19.4. The van der Waals surface area contributed by atoms with Crippen LogP contribution in [0.3, 0.4) is 0 Å². The van der Waals surface area contributed by atoms with Crippen molar-refractivity contribution in [2.45, 2.75) is 19.2 Å². The molecule has 0 aliphatic carbocycles. The number of aliphatic hydroxyl groups excluding tert-OH is 1. The maximum Gasteiger partial charge on any atom is 0.338 e. The molecule has 1 heterocycles. The molecule has 1 aliphatic rings. The topological polar surface area (TPSA) is 102 Å². The van der Waals surface area contributed by atoms with Gasteiger partial charge in [0.15, 0.2) is 0 Å². The molecule has 7 nitrogen and oxygen atoms in total. The van der Waals surface area contributed by atoms with Gasteiger partial charge in [0, 0.05) is 18.0 Å². The molecule has 146 valence electrons. The molecule has 1 aliphatic heterocycles. The summed E-state index contributed by atoms with van der Waals surface area (Å²) in [6, 6.07) is 14.1. The van der Waals surface area contributed by atoms with Gasteiger partial charge in [0.1, 0.15) is 6.23 Å². The number of nitrogens with zero attached hydrogens (tertiary/aromatic N) is 1. The van der Waals surface area contributed by atoms with E-state index >= 15 is 0 Å². The van der Waals surface area contributed by atoms with Crippen molar-refractivity contribution in [3.05, 3.63) is 70.2 Å². The summed E-state index contributed by atoms with van der Waals surface area (Å²) in [7, 11) is -3.17. The second kappa shape index (κ2) is 8.57. The molecule has 27 heavy (non-hydrogen) atoms. The first-order chi connectivity index (χ1) is 12.8. The Morgan fingerprint density at radius 2 is 1.96 bits per heavy atom. The molecular formula is C18H21ClN2O5S. The summed E-state index contributed by atoms with van der Waals surface area (Å²) in [4.78, 5) is 12.1. The first kappa shape index (κ1) is 20.1. The van der Waals surface area contributed by atoms with Gasteiger partial charge >= 0.3 is 5.97 Å². The van der Waals surface area contributed by atoms with Crippen LogP contribution < -0.4 is 4.72 Å². The Morgan fingerprint density at radius 1 is 1.22 bits per heavy atom. The van der Waals surface area contributed by atoms with E-state index in [0.717, 1.165) is 11.1 Å². The molecule has 2 aromatic carbocycles. The number of carbonyl (C=O) groups is 1. The predicted molar refractivity (Wildman–Crippen MR) is 104 cm³/mol. The van der Waals surface area contributed by atoms with Crippen LogP contribution in [0.5, 0.6) is 0 Å². The minimum atomic E-state index is -3.17. The van der Waals surface area contributed by atoms with E-state index in [1.807, 2.05) is 18.2 Å². The quantitative estimate of drug-likeness (QED) is 0.541. The van der Waals surface area contributed by atoms with Crippen molar-refractivity contribution in [2.75, 3.05) is 13.2 Å². The van der Waals surface area contributed by atoms with Crippen molar-refractivity contribution in [2.24, 2.45) is 0 Å². The first-order valence-corrected chi connectivity index (χ1v) is 10.2. The Hall–Kier alpha value is -1.65. The molecule has 1 unspecified atom stereocenters. The molecule has 0 spiro atoms. The number of aliphatic hydroxyl groups is 1. The average Bonchev–Trinajstić information content (AvgIpc) is 2.87. The molecule has 3 rings (SSSR count). The maximum absolute atomic E-state index is 12.1. The van der Waals surface area contributed by atoms with E-state index in [-0.39, 0.29) is 19.7 Å². The lowest BCUT2D eigenvalue weighted by atomic mass is 10.1. The number of halogens is 1. The summed E-state index contributed by atoms with van der Waals surface area (Å²) in [6.45, 7) is 0.589. The van der Waals surface area contributed by atoms with Crippen LogP contribution in [0.1, 0.15) is 21.5 Å². The van der Waals surface area contributed by atoms with Gasteiger partial charge in [-0.15, -0.1) is 0 Å². The third-order valence-corrected chi connectivity index (χ3v) is 5.91. The highest BCUT2D eigenvalue weighted by atomic mass is 35.5. The Morgan fingerprint density at radius 3 is 2.59 bits per heavy atom. The number of nitrogens with one attached hydrogen (secondary N) is 1. The van der Waals surface area contributed by atoms with E-state index in [0.29, 0.717) is 17.0 Å². The summed E-state index contributed by atoms with van der Waals surface area (Å²) in [5.74, 6) is -0.425. The fraction of sp³-hybridized carbons (Fsp3) is 0.278. The Bertz CT molecular complexity index is 803. The van der Waals surface area contributed by atoms with Crippen molar-refractivity contribution >= 4 is 28.5 Å². The van der Waals surface area contributed by atoms with Crippen molar-refractivity contribution in [3.8, 4) is 0 Å². The average molecular weight is 413 g/mol. The van der Waals surface area contributed by atoms with Gasteiger partial charge in [-0.25, -0.2) is 4.79 Å². The third-order valence-electron chi connectivity index (χ3n) is 4.09. The number of esters is 1. The van der Waals surface area contributed by atoms with Gasteiger partial charge in [-0.2, -0.15) is 9.03 Å². The molecule has 0 saturated carbocycles. The van der Waals surface area contributed by atoms with Gasteiger partial charge in [0.25, 0.3) is 0 Å². The summed E-state index contributed by atoms with van der Waals surface area (Å²) < 4.78 is 28.7. The molecule has 2 aromatic rings. The first-order valence-electron chi connectivity index (χ1n) is 8.33. The highest BCUT2D eigenvalue weighted by Crippen LogP contribution is 2.44. The van der Waals surface area contributed by atoms with Crippen molar-refractivity contribution in [1.29, 1.82) is 0 Å². The number of hydrogen-bond acceptors (Lipinski definition) is 7. The molecule has 1 saturated heterocycles. The molecule has 0 aromatic heterocycles. The lowest BCUT2D eigenvalue weighted by Crippen LogP contribution is -2.25. The number of ether oxygens (including phenoxy) is 1. The third kappa shape index (κ3) is 5.43. The van der Waals surface area contributed by atoms with E-state index in [1.54, 1.807) is 30.3 Å². The van der Waals surface area contributed by atoms with E-state index in [2.05, 4.69) is 4.72 Å². The monoisotopic (exact) mass is 412 g/mol. The molecule has 1 fully saturated rings. The molecule has 1 atom stereocenters. The van der Waals surface area contributed by atoms with Crippen molar-refractivity contribution < 1.29 is 23.7 Å². The fourth-order valence-corrected chi connectivity index (χ4v) is 4.21. The molecule has 0 radical (unpaired) electrons. The summed E-state index contributed by atoms with van der Waals surface area (Å²) in [5.41, 5.74) is 2.18. The standard InChI is InChI=1S/C18H21ClN2O5S/c19-16-3-1-2-13(10-16)8-9-26-18(23)15-6-4-14(5-7-15)11-21-12-17(22)20-27(21,24)25/h1-7,10,17,20,22,24-25H,8-9,11-12H2. The summed E-state index contributed by atoms with van der Waals surface area (Å²) in [6.07, 6.45) is -0.407. The molecule has 9 heteroatoms. The van der Waals surface area contributed by atoms with Crippen LogP contribution in [0.2, 0.25) is 5.02 Å². The van der Waals surface area contributed by atoms with Crippen LogP contribution in [0, 0.1) is 0 Å². The SMILES string of the molecule is O=C(OCCc1cccc(Cl)c1)c1ccc(CN2CC(O)NS2(O)O)cc1. The number of β-amino-alcohol motifs (C(OH)–C–C–N with tert-alkyl or cyclic N) is 1. The normalized spacial score (nSPS) is 20.4. The van der Waals surface area contributed by atoms with Gasteiger partial charge in [-0.3, -0.25) is 9.11 Å². The van der Waals surface area contributed by atoms with Crippen LogP contribution in [-0.4, -0.2) is 43.9 Å². The smallest absolute Gasteiger partial charge is 0.338 e. The molecule has 0 amide bonds. The van der Waals surface area contributed by atoms with E-state index < -0.39 is 23.2 Å². The van der Waals surface area contributed by atoms with E-state index in [1.165, 1.54) is 4.31 Å². The van der Waals surface area contributed by atoms with Crippen LogP contribution >= 0.6 is 22.6 Å². The van der Waals surface area contributed by atoms with E-state index in [9.17, 15) is 19.0 Å². The lowest BCUT2D eigenvalue weighted by Gasteiger charge is -2.35. The molecule has 0 bridgehead atoms. The number of carbonyl (C=O) groups excluding carboxylic acids is 1. The Labute approximate surface area is 164 Å². The van der Waals surface area contributed by atoms with Crippen LogP contribution in [0.25, 0.3) is 0 Å². The summed E-state index contributed by atoms with van der Waals surface area (Å²) in [5, 5.41) is 10.1. The van der Waals surface area contributed by atoms with Crippen LogP contribution in [-0.2, 0) is 17.7 Å². The van der Waals surface area contributed by atoms with Gasteiger partial charge in [0.05, 0.1) is 18.7 Å². The van der Waals surface area contributed by atoms with Gasteiger partial charge in [-0.05, 0) is 35.4 Å². The van der Waals surface area contributed by atoms with Crippen LogP contribution in [0.15, 0.2) is 48.5 Å². The number of benzene rings is 2. The zero-order valence-electron chi connectivity index (χ0n) is 14.4. The highest BCUT2D eigenvalue weighted by Gasteiger charge is 2.34. The van der Waals surface area contributed by atoms with Crippen LogP contribution in [0.4, 0.5) is 0 Å². The minimum Gasteiger partial charge on any atom is -0.462 e. The van der Waals surface area contributed by atoms with Gasteiger partial charge < -0.3 is 9.84 Å². The highest BCUT2D eigenvalue weighted by molar-refractivity contribution is 8.20. The van der Waals surface area contributed by atoms with Gasteiger partial charge in [-0.1, -0.05) is 46.8 Å². The second-order valence-electron chi connectivity index (χ2n) is 6.19. The fourth-order valence-electron chi connectivity index (χ4n) is 2.73. The largest absolute Gasteiger partial charge is 0.462 e. The number of hydrogen-bond donors (Lipinski definition) is 4. The van der Waals surface area contributed by atoms with E-state index in [4.69, 9.17) is 16.3 Å². The van der Waals surface area contributed by atoms with Crippen molar-refractivity contribution in [1.82, 2.24) is 9.03 Å². The summed E-state index contributed by atoms with van der Waals surface area (Å²) >= 11 is 5.92. The molecular weight excluding hydrogens is 392 g/mol. The molecule has 4 N–H and O–H groups in total. The zero-order valence-corrected chi connectivity index (χ0v) is 16.0. The Kier molecular flexibility index (Phi) is 6.38. The van der Waals surface area contributed by atoms with Gasteiger partial charge in [0.2, 0.25) is 0 Å². The van der Waals surface area contributed by atoms with Crippen molar-refractivity contribution in [3.63, 3.8) is 0 Å². The maximum atomic E-state index is 12.1. The lowest BCUT2D eigenvalue weighted by molar-refractivity contribution is 0.0509. The minimum absolute atomic E-state index is 0.107. The Balaban J connectivity index is 1.51. The second-order valence-corrected chi connectivity index (χ2v) is 8.41. The number of rotatable bonds is 6. The predicted octanol–water partition coefficient (Wildman–Crippen LogP) is 3.04.